The molecule has 0 aliphatic carbocycles. The first-order chi connectivity index (χ1) is 8.97. The number of amides is 2. The molecule has 0 radical (unpaired) electrons. The SMILES string of the molecule is CC1C(=O)NC(=O)CN1CC(O)c1ccc(N)cc1. The molecule has 19 heavy (non-hydrogen) atoms. The van der Waals surface area contributed by atoms with Gasteiger partial charge in [-0.05, 0) is 24.6 Å². The van der Waals surface area contributed by atoms with Gasteiger partial charge < -0.3 is 10.8 Å². The summed E-state index contributed by atoms with van der Waals surface area (Å²) in [7, 11) is 0. The number of rotatable bonds is 3. The number of anilines is 1. The summed E-state index contributed by atoms with van der Waals surface area (Å²) in [6, 6.07) is 6.44. The van der Waals surface area contributed by atoms with Gasteiger partial charge in [0.25, 0.3) is 0 Å². The van der Waals surface area contributed by atoms with E-state index in [1.54, 1.807) is 36.1 Å². The minimum atomic E-state index is -0.762. The first kappa shape index (κ1) is 13.5. The van der Waals surface area contributed by atoms with E-state index in [1.165, 1.54) is 0 Å². The van der Waals surface area contributed by atoms with E-state index in [4.69, 9.17) is 5.73 Å². The predicted octanol–water partition coefficient (Wildman–Crippen LogP) is -0.351. The Morgan fingerprint density at radius 2 is 2.05 bits per heavy atom. The number of nitrogens with zero attached hydrogens (tertiary/aromatic N) is 1. The third kappa shape index (κ3) is 3.10. The molecule has 2 atom stereocenters. The van der Waals surface area contributed by atoms with E-state index in [2.05, 4.69) is 5.32 Å². The highest BCUT2D eigenvalue weighted by molar-refractivity contribution is 6.00. The lowest BCUT2D eigenvalue weighted by molar-refractivity contribution is -0.140. The molecule has 1 aliphatic rings. The van der Waals surface area contributed by atoms with Crippen LogP contribution in [0.5, 0.6) is 0 Å². The van der Waals surface area contributed by atoms with Crippen LogP contribution >= 0.6 is 0 Å². The zero-order valence-electron chi connectivity index (χ0n) is 10.7. The molecule has 4 N–H and O–H groups in total. The number of aliphatic hydroxyl groups excluding tert-OH is 1. The summed E-state index contributed by atoms with van der Waals surface area (Å²) in [6.45, 7) is 2.04. The number of carbonyl (C=O) groups excluding carboxylic acids is 2. The molecule has 102 valence electrons. The molecule has 1 aliphatic heterocycles. The molecule has 0 bridgehead atoms. The van der Waals surface area contributed by atoms with Crippen molar-refractivity contribution in [2.75, 3.05) is 18.8 Å². The summed E-state index contributed by atoms with van der Waals surface area (Å²) >= 11 is 0. The molecular formula is C13H17N3O3. The van der Waals surface area contributed by atoms with E-state index >= 15 is 0 Å². The maximum Gasteiger partial charge on any atom is 0.243 e. The van der Waals surface area contributed by atoms with Gasteiger partial charge in [-0.2, -0.15) is 0 Å². The van der Waals surface area contributed by atoms with Gasteiger partial charge in [0.1, 0.15) is 0 Å². The maximum absolute atomic E-state index is 11.5. The second kappa shape index (κ2) is 5.38. The van der Waals surface area contributed by atoms with Crippen molar-refractivity contribution < 1.29 is 14.7 Å². The van der Waals surface area contributed by atoms with Crippen LogP contribution in [0.15, 0.2) is 24.3 Å². The van der Waals surface area contributed by atoms with Crippen molar-refractivity contribution in [2.45, 2.75) is 19.1 Å². The Balaban J connectivity index is 2.05. The number of benzene rings is 1. The van der Waals surface area contributed by atoms with Gasteiger partial charge in [-0.15, -0.1) is 0 Å². The second-order valence-electron chi connectivity index (χ2n) is 4.70. The Kier molecular flexibility index (Phi) is 3.82. The van der Waals surface area contributed by atoms with Crippen LogP contribution in [-0.4, -0.2) is 41.0 Å². The van der Waals surface area contributed by atoms with Crippen LogP contribution in [-0.2, 0) is 9.59 Å². The zero-order chi connectivity index (χ0) is 14.0. The lowest BCUT2D eigenvalue weighted by Crippen LogP contribution is -2.57. The van der Waals surface area contributed by atoms with Gasteiger partial charge in [-0.3, -0.25) is 19.8 Å². The Hall–Kier alpha value is -1.92. The predicted molar refractivity (Wildman–Crippen MR) is 70.0 cm³/mol. The third-order valence-corrected chi connectivity index (χ3v) is 3.27. The van der Waals surface area contributed by atoms with Crippen molar-refractivity contribution in [1.82, 2.24) is 10.2 Å². The fraction of sp³-hybridized carbons (Fsp3) is 0.385. The number of carbonyl (C=O) groups is 2. The first-order valence-electron chi connectivity index (χ1n) is 6.08. The lowest BCUT2D eigenvalue weighted by Gasteiger charge is -2.33. The molecule has 6 nitrogen and oxygen atoms in total. The zero-order valence-corrected chi connectivity index (χ0v) is 10.7. The number of β-amino-alcohol motifs (C(OH)–C–C–N with tert-alkyl or cyclic N) is 1. The Morgan fingerprint density at radius 1 is 1.42 bits per heavy atom. The van der Waals surface area contributed by atoms with Gasteiger partial charge in [-0.25, -0.2) is 0 Å². The van der Waals surface area contributed by atoms with Crippen molar-refractivity contribution in [1.29, 1.82) is 0 Å². The van der Waals surface area contributed by atoms with E-state index in [0.29, 0.717) is 11.3 Å². The topological polar surface area (TPSA) is 95.7 Å². The van der Waals surface area contributed by atoms with Gasteiger partial charge in [0.05, 0.1) is 18.7 Å². The number of piperazine rings is 1. The minimum absolute atomic E-state index is 0.110. The van der Waals surface area contributed by atoms with Crippen LogP contribution in [0.1, 0.15) is 18.6 Å². The Labute approximate surface area is 111 Å². The third-order valence-electron chi connectivity index (χ3n) is 3.27. The maximum atomic E-state index is 11.5. The Morgan fingerprint density at radius 3 is 2.68 bits per heavy atom. The molecule has 2 rings (SSSR count). The summed E-state index contributed by atoms with van der Waals surface area (Å²) in [4.78, 5) is 24.5. The monoisotopic (exact) mass is 263 g/mol. The molecule has 1 aromatic rings. The summed E-state index contributed by atoms with van der Waals surface area (Å²) in [5.41, 5.74) is 6.91. The number of hydrogen-bond donors (Lipinski definition) is 3. The van der Waals surface area contributed by atoms with Crippen LogP contribution in [0.3, 0.4) is 0 Å². The van der Waals surface area contributed by atoms with Crippen molar-refractivity contribution >= 4 is 17.5 Å². The number of nitrogens with one attached hydrogen (secondary N) is 1. The Bertz CT molecular complexity index is 486. The van der Waals surface area contributed by atoms with Gasteiger partial charge in [0, 0.05) is 12.2 Å². The van der Waals surface area contributed by atoms with Crippen molar-refractivity contribution in [3.05, 3.63) is 29.8 Å². The second-order valence-corrected chi connectivity index (χ2v) is 4.70. The summed E-state index contributed by atoms with van der Waals surface area (Å²) in [5, 5.41) is 12.4. The lowest BCUT2D eigenvalue weighted by atomic mass is 10.1. The molecule has 1 heterocycles. The molecule has 0 saturated carbocycles. The standard InChI is InChI=1S/C13H17N3O3/c1-8-13(19)15-12(18)7-16(8)6-11(17)9-2-4-10(14)5-3-9/h2-5,8,11,17H,6-7,14H2,1H3,(H,15,18,19). The fourth-order valence-corrected chi connectivity index (χ4v) is 2.04. The number of nitrogen functional groups attached to an aromatic ring is 1. The number of hydrogen-bond acceptors (Lipinski definition) is 5. The average Bonchev–Trinajstić information content (AvgIpc) is 2.36. The smallest absolute Gasteiger partial charge is 0.243 e. The highest BCUT2D eigenvalue weighted by atomic mass is 16.3. The van der Waals surface area contributed by atoms with E-state index in [1.807, 2.05) is 0 Å². The van der Waals surface area contributed by atoms with E-state index < -0.39 is 12.1 Å². The number of nitrogens with two attached hydrogens (primary N) is 1. The molecule has 1 aromatic carbocycles. The quantitative estimate of drug-likeness (QED) is 0.511. The van der Waals surface area contributed by atoms with Crippen LogP contribution in [0.4, 0.5) is 5.69 Å². The largest absolute Gasteiger partial charge is 0.399 e. The summed E-state index contributed by atoms with van der Waals surface area (Å²) in [5.74, 6) is -0.673. The number of imide groups is 1. The van der Waals surface area contributed by atoms with E-state index in [0.717, 1.165) is 0 Å². The molecule has 1 saturated heterocycles. The van der Waals surface area contributed by atoms with E-state index in [9.17, 15) is 14.7 Å². The van der Waals surface area contributed by atoms with Gasteiger partial charge >= 0.3 is 0 Å². The molecule has 1 fully saturated rings. The van der Waals surface area contributed by atoms with E-state index in [-0.39, 0.29) is 24.9 Å². The number of aliphatic hydroxyl groups is 1. The molecule has 0 spiro atoms. The summed E-state index contributed by atoms with van der Waals surface area (Å²) < 4.78 is 0. The molecule has 0 aromatic heterocycles. The van der Waals surface area contributed by atoms with Gasteiger partial charge in [-0.1, -0.05) is 12.1 Å². The van der Waals surface area contributed by atoms with Crippen LogP contribution in [0, 0.1) is 0 Å². The van der Waals surface area contributed by atoms with Crippen molar-refractivity contribution in [3.8, 4) is 0 Å². The van der Waals surface area contributed by atoms with Gasteiger partial charge in [0.2, 0.25) is 11.8 Å². The molecule has 2 amide bonds. The van der Waals surface area contributed by atoms with Gasteiger partial charge in [0.15, 0.2) is 0 Å². The highest BCUT2D eigenvalue weighted by Gasteiger charge is 2.31. The van der Waals surface area contributed by atoms with Crippen LogP contribution in [0.25, 0.3) is 0 Å². The normalized spacial score (nSPS) is 22.1. The summed E-state index contributed by atoms with van der Waals surface area (Å²) in [6.07, 6.45) is -0.762. The molecular weight excluding hydrogens is 246 g/mol. The average molecular weight is 263 g/mol. The molecule has 2 unspecified atom stereocenters. The minimum Gasteiger partial charge on any atom is -0.399 e. The van der Waals surface area contributed by atoms with Crippen molar-refractivity contribution in [2.24, 2.45) is 0 Å². The molecule has 6 heteroatoms. The van der Waals surface area contributed by atoms with Crippen molar-refractivity contribution in [3.63, 3.8) is 0 Å². The first-order valence-corrected chi connectivity index (χ1v) is 6.08. The van der Waals surface area contributed by atoms with Crippen LogP contribution in [0.2, 0.25) is 0 Å². The highest BCUT2D eigenvalue weighted by Crippen LogP contribution is 2.18. The fourth-order valence-electron chi connectivity index (χ4n) is 2.04. The van der Waals surface area contributed by atoms with Crippen LogP contribution < -0.4 is 11.1 Å².